The van der Waals surface area contributed by atoms with Crippen LogP contribution in [-0.2, 0) is 21.3 Å². The van der Waals surface area contributed by atoms with Gasteiger partial charge in [0.05, 0.1) is 11.0 Å². The third-order valence-electron chi connectivity index (χ3n) is 4.11. The van der Waals surface area contributed by atoms with Crippen LogP contribution in [0.2, 0.25) is 0 Å². The number of nitrogens with one attached hydrogen (secondary N) is 1. The number of nitrogens with zero attached hydrogens (tertiary/aromatic N) is 1. The molecule has 1 fully saturated rings. The van der Waals surface area contributed by atoms with Crippen LogP contribution in [0.3, 0.4) is 0 Å². The molecular formula is C15H24N2O3S. The zero-order valence-corrected chi connectivity index (χ0v) is 13.7. The van der Waals surface area contributed by atoms with E-state index in [4.69, 9.17) is 4.74 Å². The lowest BCUT2D eigenvalue weighted by Gasteiger charge is -2.35. The van der Waals surface area contributed by atoms with Gasteiger partial charge in [0, 0.05) is 26.7 Å². The topological polar surface area (TPSA) is 58.6 Å². The van der Waals surface area contributed by atoms with Crippen molar-refractivity contribution < 1.29 is 13.2 Å². The number of sulfonamides is 1. The molecule has 1 aromatic carbocycles. The number of ether oxygens (including phenoxy) is 1. The number of benzene rings is 1. The quantitative estimate of drug-likeness (QED) is 0.894. The van der Waals surface area contributed by atoms with Crippen molar-refractivity contribution in [1.82, 2.24) is 9.62 Å². The molecule has 6 heteroatoms. The van der Waals surface area contributed by atoms with E-state index in [1.54, 1.807) is 23.5 Å². The smallest absolute Gasteiger partial charge is 0.243 e. The largest absolute Gasteiger partial charge is 0.380 e. The van der Waals surface area contributed by atoms with Crippen molar-refractivity contribution in [3.8, 4) is 0 Å². The molecule has 0 spiro atoms. The molecule has 0 aliphatic carbocycles. The maximum Gasteiger partial charge on any atom is 0.243 e. The number of hydrogen-bond acceptors (Lipinski definition) is 4. The Labute approximate surface area is 127 Å². The van der Waals surface area contributed by atoms with Gasteiger partial charge in [0.15, 0.2) is 0 Å². The van der Waals surface area contributed by atoms with E-state index < -0.39 is 10.0 Å². The molecule has 118 valence electrons. The third-order valence-corrected chi connectivity index (χ3v) is 6.08. The first-order valence-electron chi connectivity index (χ1n) is 7.26. The highest BCUT2D eigenvalue weighted by Crippen LogP contribution is 2.26. The summed E-state index contributed by atoms with van der Waals surface area (Å²) in [6, 6.07) is 7.17. The molecule has 2 atom stereocenters. The van der Waals surface area contributed by atoms with Gasteiger partial charge < -0.3 is 10.1 Å². The van der Waals surface area contributed by atoms with Crippen LogP contribution in [0.25, 0.3) is 0 Å². The van der Waals surface area contributed by atoms with Crippen molar-refractivity contribution in [2.75, 3.05) is 27.2 Å². The summed E-state index contributed by atoms with van der Waals surface area (Å²) in [6.07, 6.45) is 0.788. The van der Waals surface area contributed by atoms with Gasteiger partial charge in [-0.1, -0.05) is 25.1 Å². The minimum Gasteiger partial charge on any atom is -0.380 e. The molecule has 1 aliphatic rings. The molecule has 1 saturated heterocycles. The highest BCUT2D eigenvalue weighted by Gasteiger charge is 2.34. The van der Waals surface area contributed by atoms with Crippen molar-refractivity contribution in [2.45, 2.75) is 30.9 Å². The van der Waals surface area contributed by atoms with Gasteiger partial charge in [-0.3, -0.25) is 0 Å². The summed E-state index contributed by atoms with van der Waals surface area (Å²) in [5.41, 5.74) is 0.799. The van der Waals surface area contributed by atoms with Gasteiger partial charge in [0.2, 0.25) is 10.0 Å². The van der Waals surface area contributed by atoms with Crippen LogP contribution in [0.15, 0.2) is 29.2 Å². The summed E-state index contributed by atoms with van der Waals surface area (Å²) in [6.45, 7) is 3.62. The van der Waals surface area contributed by atoms with Gasteiger partial charge in [0.25, 0.3) is 0 Å². The average Bonchev–Trinajstić information content (AvgIpc) is 2.48. The van der Waals surface area contributed by atoms with Crippen LogP contribution in [0.5, 0.6) is 0 Å². The number of hydrogen-bond donors (Lipinski definition) is 1. The zero-order chi connectivity index (χ0) is 15.5. The predicted molar refractivity (Wildman–Crippen MR) is 82.5 cm³/mol. The average molecular weight is 312 g/mol. The third kappa shape index (κ3) is 3.45. The monoisotopic (exact) mass is 312 g/mol. The van der Waals surface area contributed by atoms with E-state index in [1.165, 1.54) is 0 Å². The molecule has 1 heterocycles. The summed E-state index contributed by atoms with van der Waals surface area (Å²) in [4.78, 5) is 0.392. The Bertz CT molecular complexity index is 574. The first-order valence-corrected chi connectivity index (χ1v) is 8.70. The molecule has 0 radical (unpaired) electrons. The van der Waals surface area contributed by atoms with E-state index in [2.05, 4.69) is 12.2 Å². The second-order valence-corrected chi connectivity index (χ2v) is 7.45. The fourth-order valence-corrected chi connectivity index (χ4v) is 4.45. The molecule has 21 heavy (non-hydrogen) atoms. The van der Waals surface area contributed by atoms with E-state index in [0.717, 1.165) is 12.0 Å². The van der Waals surface area contributed by atoms with E-state index in [0.29, 0.717) is 30.4 Å². The van der Waals surface area contributed by atoms with Crippen LogP contribution in [-0.4, -0.2) is 46.1 Å². The van der Waals surface area contributed by atoms with Crippen LogP contribution < -0.4 is 5.32 Å². The van der Waals surface area contributed by atoms with Crippen molar-refractivity contribution in [3.05, 3.63) is 29.8 Å². The fraction of sp³-hybridized carbons (Fsp3) is 0.600. The molecule has 0 amide bonds. The summed E-state index contributed by atoms with van der Waals surface area (Å²) in [5.74, 6) is 0.383. The van der Waals surface area contributed by atoms with Crippen molar-refractivity contribution >= 4 is 10.0 Å². The van der Waals surface area contributed by atoms with Crippen molar-refractivity contribution in [1.29, 1.82) is 0 Å². The highest BCUT2D eigenvalue weighted by atomic mass is 32.2. The standard InChI is InChI=1S/C15H24N2O3S/c1-12-8-9-17(11-14(12)20-3)21(18,19)15-7-5-4-6-13(15)10-16-2/h4-7,12,14,16H,8-11H2,1-3H3. The first kappa shape index (κ1) is 16.4. The molecule has 5 nitrogen and oxygen atoms in total. The molecule has 0 aromatic heterocycles. The van der Waals surface area contributed by atoms with Gasteiger partial charge in [-0.15, -0.1) is 0 Å². The molecule has 2 unspecified atom stereocenters. The van der Waals surface area contributed by atoms with Gasteiger partial charge in [-0.25, -0.2) is 8.42 Å². The van der Waals surface area contributed by atoms with E-state index in [9.17, 15) is 8.42 Å². The van der Waals surface area contributed by atoms with E-state index in [-0.39, 0.29) is 6.10 Å². The van der Waals surface area contributed by atoms with Gasteiger partial charge in [-0.05, 0) is 31.0 Å². The highest BCUT2D eigenvalue weighted by molar-refractivity contribution is 7.89. The lowest BCUT2D eigenvalue weighted by atomic mass is 9.97. The first-order chi connectivity index (χ1) is 10.0. The second-order valence-electron chi connectivity index (χ2n) is 5.54. The van der Waals surface area contributed by atoms with Crippen molar-refractivity contribution in [2.24, 2.45) is 5.92 Å². The van der Waals surface area contributed by atoms with Gasteiger partial charge in [-0.2, -0.15) is 4.31 Å². The van der Waals surface area contributed by atoms with Gasteiger partial charge in [0.1, 0.15) is 0 Å². The normalized spacial score (nSPS) is 24.1. The Morgan fingerprint density at radius 1 is 1.38 bits per heavy atom. The molecular weight excluding hydrogens is 288 g/mol. The summed E-state index contributed by atoms with van der Waals surface area (Å²) < 4.78 is 32.8. The molecule has 1 aromatic rings. The molecule has 1 aliphatic heterocycles. The van der Waals surface area contributed by atoms with Gasteiger partial charge >= 0.3 is 0 Å². The lowest BCUT2D eigenvalue weighted by Crippen LogP contribution is -2.46. The molecule has 0 bridgehead atoms. The van der Waals surface area contributed by atoms with Crippen LogP contribution >= 0.6 is 0 Å². The summed E-state index contributed by atoms with van der Waals surface area (Å²) in [5, 5.41) is 3.02. The Hall–Kier alpha value is -0.950. The fourth-order valence-electron chi connectivity index (χ4n) is 2.76. The minimum atomic E-state index is -3.47. The Kier molecular flexibility index (Phi) is 5.37. The number of rotatable bonds is 5. The maximum atomic E-state index is 12.9. The van der Waals surface area contributed by atoms with Crippen molar-refractivity contribution in [3.63, 3.8) is 0 Å². The molecule has 2 rings (SSSR count). The SMILES string of the molecule is CNCc1ccccc1S(=O)(=O)N1CCC(C)C(OC)C1. The lowest BCUT2D eigenvalue weighted by molar-refractivity contribution is 0.0183. The predicted octanol–water partition coefficient (Wildman–Crippen LogP) is 1.45. The molecule has 0 saturated carbocycles. The minimum absolute atomic E-state index is 0.0370. The zero-order valence-electron chi connectivity index (χ0n) is 12.9. The van der Waals surface area contributed by atoms with Crippen LogP contribution in [0.4, 0.5) is 0 Å². The Morgan fingerprint density at radius 2 is 2.10 bits per heavy atom. The molecule has 1 N–H and O–H groups in total. The number of methoxy groups -OCH3 is 1. The summed E-state index contributed by atoms with van der Waals surface area (Å²) >= 11 is 0. The van der Waals surface area contributed by atoms with Crippen LogP contribution in [0.1, 0.15) is 18.9 Å². The summed E-state index contributed by atoms with van der Waals surface area (Å²) in [7, 11) is -0.0105. The Balaban J connectivity index is 2.30. The van der Waals surface area contributed by atoms with E-state index in [1.807, 2.05) is 19.2 Å². The number of piperidine rings is 1. The van der Waals surface area contributed by atoms with E-state index >= 15 is 0 Å². The maximum absolute atomic E-state index is 12.9. The van der Waals surface area contributed by atoms with Crippen LogP contribution in [0, 0.1) is 5.92 Å². The Morgan fingerprint density at radius 3 is 2.76 bits per heavy atom. The second kappa shape index (κ2) is 6.87.